The van der Waals surface area contributed by atoms with E-state index in [1.54, 1.807) is 12.4 Å². The minimum atomic E-state index is 0.0870. The van der Waals surface area contributed by atoms with Crippen LogP contribution in [0.3, 0.4) is 0 Å². The molecule has 180 valence electrons. The minimum Gasteiger partial charge on any atom is -0.376 e. The Morgan fingerprint density at radius 1 is 1.14 bits per heavy atom. The van der Waals surface area contributed by atoms with Crippen molar-refractivity contribution in [3.63, 3.8) is 0 Å². The van der Waals surface area contributed by atoms with Crippen LogP contribution in [0.2, 0.25) is 0 Å². The van der Waals surface area contributed by atoms with Gasteiger partial charge in [0, 0.05) is 48.1 Å². The maximum absolute atomic E-state index is 13.3. The summed E-state index contributed by atoms with van der Waals surface area (Å²) in [5, 5.41) is 9.61. The lowest BCUT2D eigenvalue weighted by molar-refractivity contribution is 0.0957. The molecule has 1 aromatic carbocycles. The zero-order valence-corrected chi connectivity index (χ0v) is 21.1. The Balaban J connectivity index is 1.41. The third-order valence-electron chi connectivity index (χ3n) is 6.53. The molecule has 4 aromatic rings. The molecule has 35 heavy (non-hydrogen) atoms. The second kappa shape index (κ2) is 10.2. The van der Waals surface area contributed by atoms with E-state index in [1.165, 1.54) is 11.8 Å². The van der Waals surface area contributed by atoms with Crippen molar-refractivity contribution in [3.05, 3.63) is 77.4 Å². The fraction of sp³-hybridized carbons (Fsp3) is 0.333. The number of thioether (sulfide) groups is 1. The number of aryl methyl sites for hydroxylation is 2. The van der Waals surface area contributed by atoms with Gasteiger partial charge in [-0.05, 0) is 63.4 Å². The van der Waals surface area contributed by atoms with E-state index in [0.717, 1.165) is 59.8 Å². The van der Waals surface area contributed by atoms with Crippen LogP contribution in [0, 0.1) is 20.8 Å². The molecule has 1 aliphatic rings. The van der Waals surface area contributed by atoms with Gasteiger partial charge in [-0.2, -0.15) is 0 Å². The number of pyridine rings is 1. The molecule has 0 aliphatic carbocycles. The quantitative estimate of drug-likeness (QED) is 0.251. The third kappa shape index (κ3) is 4.81. The Labute approximate surface area is 209 Å². The van der Waals surface area contributed by atoms with Gasteiger partial charge in [0.25, 0.3) is 0 Å². The molecule has 0 N–H and O–H groups in total. The van der Waals surface area contributed by atoms with Gasteiger partial charge in [0.05, 0.1) is 17.5 Å². The van der Waals surface area contributed by atoms with E-state index in [2.05, 4.69) is 39.7 Å². The highest BCUT2D eigenvalue weighted by atomic mass is 32.2. The van der Waals surface area contributed by atoms with Crippen LogP contribution in [0.5, 0.6) is 0 Å². The molecule has 7 nitrogen and oxygen atoms in total. The van der Waals surface area contributed by atoms with Gasteiger partial charge in [0.15, 0.2) is 16.8 Å². The Hall–Kier alpha value is -3.23. The molecule has 0 radical (unpaired) electrons. The molecule has 0 unspecified atom stereocenters. The lowest BCUT2D eigenvalue weighted by atomic mass is 10.2. The molecule has 1 fully saturated rings. The Morgan fingerprint density at radius 3 is 2.74 bits per heavy atom. The summed E-state index contributed by atoms with van der Waals surface area (Å²) in [5.41, 5.74) is 5.82. The number of ether oxygens (including phenoxy) is 1. The first-order valence-electron chi connectivity index (χ1n) is 11.9. The highest BCUT2D eigenvalue weighted by molar-refractivity contribution is 7.99. The summed E-state index contributed by atoms with van der Waals surface area (Å²) < 4.78 is 10.0. The molecule has 3 aromatic heterocycles. The van der Waals surface area contributed by atoms with Crippen molar-refractivity contribution in [1.82, 2.24) is 24.3 Å². The molecule has 0 saturated carbocycles. The number of aromatic nitrogens is 5. The van der Waals surface area contributed by atoms with Gasteiger partial charge in [-0.25, -0.2) is 0 Å². The van der Waals surface area contributed by atoms with E-state index in [0.29, 0.717) is 11.0 Å². The molecule has 1 aliphatic heterocycles. The van der Waals surface area contributed by atoms with Crippen molar-refractivity contribution in [2.24, 2.45) is 0 Å². The molecular formula is C27H29N5O2S. The van der Waals surface area contributed by atoms with E-state index < -0.39 is 0 Å². The number of hydrogen-bond acceptors (Lipinski definition) is 6. The van der Waals surface area contributed by atoms with E-state index in [1.807, 2.05) is 47.9 Å². The van der Waals surface area contributed by atoms with Gasteiger partial charge < -0.3 is 9.30 Å². The molecule has 5 rings (SSSR count). The first-order chi connectivity index (χ1) is 17.0. The molecule has 4 heterocycles. The minimum absolute atomic E-state index is 0.0870. The molecule has 0 bridgehead atoms. The van der Waals surface area contributed by atoms with Gasteiger partial charge >= 0.3 is 0 Å². The summed E-state index contributed by atoms with van der Waals surface area (Å²) in [5.74, 6) is 1.07. The van der Waals surface area contributed by atoms with Crippen LogP contribution < -0.4 is 0 Å². The molecule has 1 atom stereocenters. The Morgan fingerprint density at radius 2 is 2.00 bits per heavy atom. The van der Waals surface area contributed by atoms with Crippen molar-refractivity contribution in [2.45, 2.75) is 51.4 Å². The lowest BCUT2D eigenvalue weighted by Gasteiger charge is -2.15. The summed E-state index contributed by atoms with van der Waals surface area (Å²) in [6, 6.07) is 14.0. The zero-order valence-electron chi connectivity index (χ0n) is 20.3. The molecule has 1 saturated heterocycles. The lowest BCUT2D eigenvalue weighted by Crippen LogP contribution is -2.17. The number of rotatable bonds is 8. The first-order valence-corrected chi connectivity index (χ1v) is 12.9. The predicted octanol–water partition coefficient (Wildman–Crippen LogP) is 5.21. The number of Topliss-reactive ketones (excluding diaryl/α,β-unsaturated/α-hetero) is 1. The van der Waals surface area contributed by atoms with E-state index in [-0.39, 0.29) is 17.6 Å². The normalized spacial score (nSPS) is 15.6. The van der Waals surface area contributed by atoms with Crippen LogP contribution in [0.15, 0.2) is 60.0 Å². The van der Waals surface area contributed by atoms with Crippen molar-refractivity contribution < 1.29 is 9.53 Å². The van der Waals surface area contributed by atoms with Crippen molar-refractivity contribution in [1.29, 1.82) is 0 Å². The smallest absolute Gasteiger partial charge is 0.196 e. The maximum atomic E-state index is 13.3. The van der Waals surface area contributed by atoms with Crippen LogP contribution in [0.25, 0.3) is 17.1 Å². The Kier molecular flexibility index (Phi) is 6.83. The fourth-order valence-corrected chi connectivity index (χ4v) is 5.47. The Bertz CT molecular complexity index is 1340. The monoisotopic (exact) mass is 487 g/mol. The number of para-hydroxylation sites is 1. The second-order valence-electron chi connectivity index (χ2n) is 8.91. The fourth-order valence-electron chi connectivity index (χ4n) is 4.64. The van der Waals surface area contributed by atoms with Gasteiger partial charge in [0.1, 0.15) is 0 Å². The van der Waals surface area contributed by atoms with Gasteiger partial charge in [-0.15, -0.1) is 10.2 Å². The summed E-state index contributed by atoms with van der Waals surface area (Å²) in [6.07, 6.45) is 5.93. The van der Waals surface area contributed by atoms with Crippen molar-refractivity contribution in [2.75, 3.05) is 12.4 Å². The highest BCUT2D eigenvalue weighted by Crippen LogP contribution is 2.30. The van der Waals surface area contributed by atoms with E-state index >= 15 is 0 Å². The number of carbonyl (C=O) groups excluding carboxylic acids is 1. The van der Waals surface area contributed by atoms with Gasteiger partial charge in [0.2, 0.25) is 0 Å². The SMILES string of the molecule is Cc1ccccc1-n1c(SCC(=O)c2cc(C)n(C[C@H]3CCCO3)c2C)nnc1-c1cccnc1. The van der Waals surface area contributed by atoms with Gasteiger partial charge in [-0.3, -0.25) is 14.3 Å². The zero-order chi connectivity index (χ0) is 24.4. The second-order valence-corrected chi connectivity index (χ2v) is 9.85. The van der Waals surface area contributed by atoms with Crippen LogP contribution in [0.1, 0.15) is 40.2 Å². The van der Waals surface area contributed by atoms with Crippen LogP contribution in [-0.2, 0) is 11.3 Å². The molecule has 8 heteroatoms. The number of ketones is 1. The molecule has 0 amide bonds. The number of nitrogens with zero attached hydrogens (tertiary/aromatic N) is 5. The summed E-state index contributed by atoms with van der Waals surface area (Å²) >= 11 is 1.41. The largest absolute Gasteiger partial charge is 0.376 e. The number of benzene rings is 1. The average Bonchev–Trinajstić information content (AvgIpc) is 3.60. The third-order valence-corrected chi connectivity index (χ3v) is 7.46. The van der Waals surface area contributed by atoms with Crippen molar-refractivity contribution in [3.8, 4) is 17.1 Å². The highest BCUT2D eigenvalue weighted by Gasteiger charge is 2.23. The van der Waals surface area contributed by atoms with Crippen LogP contribution in [-0.4, -0.2) is 48.6 Å². The van der Waals surface area contributed by atoms with Crippen LogP contribution in [0.4, 0.5) is 0 Å². The summed E-state index contributed by atoms with van der Waals surface area (Å²) in [7, 11) is 0. The van der Waals surface area contributed by atoms with Crippen LogP contribution >= 0.6 is 11.8 Å². The first kappa shape index (κ1) is 23.5. The van der Waals surface area contributed by atoms with Gasteiger partial charge in [-0.1, -0.05) is 30.0 Å². The maximum Gasteiger partial charge on any atom is 0.196 e. The molecule has 0 spiro atoms. The topological polar surface area (TPSA) is 74.8 Å². The standard InChI is InChI=1S/C27H29N5O2S/c1-18-8-4-5-11-24(18)32-26(21-9-6-12-28-15-21)29-30-27(32)35-17-25(33)23-14-19(2)31(20(23)3)16-22-10-7-13-34-22/h4-6,8-9,11-12,14-15,22H,7,10,13,16-17H2,1-3H3/t22-/m1/s1. The summed E-state index contributed by atoms with van der Waals surface area (Å²) in [4.78, 5) is 17.5. The predicted molar refractivity (Wildman–Crippen MR) is 137 cm³/mol. The van der Waals surface area contributed by atoms with E-state index in [4.69, 9.17) is 4.74 Å². The van der Waals surface area contributed by atoms with E-state index in [9.17, 15) is 4.79 Å². The summed E-state index contributed by atoms with van der Waals surface area (Å²) in [6.45, 7) is 7.77. The number of hydrogen-bond donors (Lipinski definition) is 0. The van der Waals surface area contributed by atoms with Crippen molar-refractivity contribution >= 4 is 17.5 Å². The average molecular weight is 488 g/mol. The molecular weight excluding hydrogens is 458 g/mol. The number of carbonyl (C=O) groups is 1.